The predicted molar refractivity (Wildman–Crippen MR) is 160 cm³/mol. The first-order valence-corrected chi connectivity index (χ1v) is 14.7. The van der Waals surface area contributed by atoms with E-state index in [0.717, 1.165) is 16.6 Å². The summed E-state index contributed by atoms with van der Waals surface area (Å²) in [6.07, 6.45) is 1.64. The molecule has 0 saturated carbocycles. The van der Waals surface area contributed by atoms with Crippen molar-refractivity contribution >= 4 is 49.0 Å². The zero-order chi connectivity index (χ0) is 29.1. The fourth-order valence-electron chi connectivity index (χ4n) is 5.83. The van der Waals surface area contributed by atoms with E-state index in [1.54, 1.807) is 41.4 Å². The number of sulfonamides is 1. The van der Waals surface area contributed by atoms with Gasteiger partial charge >= 0.3 is 0 Å². The molecule has 7 nitrogen and oxygen atoms in total. The minimum absolute atomic E-state index is 0.181. The second-order valence-electron chi connectivity index (χ2n) is 10.5. The summed E-state index contributed by atoms with van der Waals surface area (Å²) < 4.78 is 43.6. The van der Waals surface area contributed by atoms with Crippen LogP contribution in [-0.4, -0.2) is 45.4 Å². The standard InChI is InChI=1S/C32H29FN4O3S/c1-20-29-26(19-37(32(29)38)18-21-13-15-22(33)16-14-21)31(25-10-7-17-34-30(20)25)36(4)41(39,40)28-12-6-8-23-24(28)9-5-11-27(23)35(2)3/h5-17H,18-19H2,1-4H3. The van der Waals surface area contributed by atoms with Gasteiger partial charge in [-0.1, -0.05) is 36.4 Å². The van der Waals surface area contributed by atoms with E-state index in [2.05, 4.69) is 4.98 Å². The highest BCUT2D eigenvalue weighted by molar-refractivity contribution is 7.93. The third kappa shape index (κ3) is 4.28. The number of anilines is 2. The van der Waals surface area contributed by atoms with Gasteiger partial charge in [-0.05, 0) is 54.4 Å². The molecule has 0 N–H and O–H groups in total. The number of aryl methyl sites for hydroxylation is 1. The maximum Gasteiger partial charge on any atom is 0.264 e. The maximum atomic E-state index is 14.4. The van der Waals surface area contributed by atoms with Gasteiger partial charge in [-0.25, -0.2) is 12.8 Å². The van der Waals surface area contributed by atoms with Gasteiger partial charge in [-0.2, -0.15) is 0 Å². The van der Waals surface area contributed by atoms with E-state index in [1.807, 2.05) is 56.3 Å². The van der Waals surface area contributed by atoms with Gasteiger partial charge in [0.25, 0.3) is 15.9 Å². The zero-order valence-corrected chi connectivity index (χ0v) is 24.0. The van der Waals surface area contributed by atoms with Gasteiger partial charge in [0.05, 0.1) is 21.7 Å². The minimum atomic E-state index is -4.07. The van der Waals surface area contributed by atoms with Crippen LogP contribution in [0.15, 0.2) is 83.9 Å². The molecule has 208 valence electrons. The van der Waals surface area contributed by atoms with Crippen molar-refractivity contribution in [3.63, 3.8) is 0 Å². The molecule has 5 aromatic rings. The lowest BCUT2D eigenvalue weighted by Gasteiger charge is -2.25. The van der Waals surface area contributed by atoms with Gasteiger partial charge < -0.3 is 9.80 Å². The lowest BCUT2D eigenvalue weighted by molar-refractivity contribution is 0.0766. The van der Waals surface area contributed by atoms with E-state index < -0.39 is 10.0 Å². The van der Waals surface area contributed by atoms with Gasteiger partial charge in [0.15, 0.2) is 0 Å². The Morgan fingerprint density at radius 3 is 2.32 bits per heavy atom. The predicted octanol–water partition coefficient (Wildman–Crippen LogP) is 5.88. The van der Waals surface area contributed by atoms with E-state index in [9.17, 15) is 17.6 Å². The quantitative estimate of drug-likeness (QED) is 0.256. The summed E-state index contributed by atoms with van der Waals surface area (Å²) in [5.74, 6) is -0.555. The Labute approximate surface area is 238 Å². The van der Waals surface area contributed by atoms with Crippen LogP contribution in [0.4, 0.5) is 15.8 Å². The number of carbonyl (C=O) groups is 1. The van der Waals surface area contributed by atoms with Crippen LogP contribution in [0.3, 0.4) is 0 Å². The molecule has 1 aliphatic heterocycles. The first-order chi connectivity index (χ1) is 19.6. The second-order valence-corrected chi connectivity index (χ2v) is 12.4. The number of hydrogen-bond acceptors (Lipinski definition) is 5. The van der Waals surface area contributed by atoms with Crippen molar-refractivity contribution in [1.82, 2.24) is 9.88 Å². The number of aromatic nitrogens is 1. The first kappa shape index (κ1) is 26.7. The van der Waals surface area contributed by atoms with E-state index in [0.29, 0.717) is 38.7 Å². The van der Waals surface area contributed by atoms with Crippen LogP contribution in [-0.2, 0) is 23.1 Å². The summed E-state index contributed by atoms with van der Waals surface area (Å²) in [6.45, 7) is 2.33. The van der Waals surface area contributed by atoms with Crippen molar-refractivity contribution in [3.05, 3.63) is 107 Å². The summed E-state index contributed by atoms with van der Waals surface area (Å²) >= 11 is 0. The molecule has 1 amide bonds. The lowest BCUT2D eigenvalue weighted by Crippen LogP contribution is -2.28. The van der Waals surface area contributed by atoms with Crippen LogP contribution in [0.25, 0.3) is 21.7 Å². The van der Waals surface area contributed by atoms with Crippen molar-refractivity contribution in [2.75, 3.05) is 30.3 Å². The number of hydrogen-bond donors (Lipinski definition) is 0. The highest BCUT2D eigenvalue weighted by atomic mass is 32.2. The number of carbonyl (C=O) groups excluding carboxylic acids is 1. The molecule has 0 bridgehead atoms. The number of halogens is 1. The van der Waals surface area contributed by atoms with Gasteiger partial charge in [0.2, 0.25) is 0 Å². The third-order valence-electron chi connectivity index (χ3n) is 7.81. The van der Waals surface area contributed by atoms with Gasteiger partial charge in [-0.15, -0.1) is 0 Å². The number of benzene rings is 4. The van der Waals surface area contributed by atoms with Gasteiger partial charge in [0.1, 0.15) is 5.82 Å². The van der Waals surface area contributed by atoms with Crippen LogP contribution in [0.2, 0.25) is 0 Å². The summed E-state index contributed by atoms with van der Waals surface area (Å²) in [7, 11) is 1.31. The molecule has 41 heavy (non-hydrogen) atoms. The fourth-order valence-corrected chi connectivity index (χ4v) is 7.28. The molecule has 0 fully saturated rings. The van der Waals surface area contributed by atoms with E-state index in [4.69, 9.17) is 0 Å². The minimum Gasteiger partial charge on any atom is -0.377 e. The van der Waals surface area contributed by atoms with Crippen LogP contribution < -0.4 is 9.21 Å². The highest BCUT2D eigenvalue weighted by Gasteiger charge is 2.37. The molecule has 0 unspecified atom stereocenters. The average molecular weight is 569 g/mol. The molecular formula is C32H29FN4O3S. The van der Waals surface area contributed by atoms with Crippen molar-refractivity contribution < 1.29 is 17.6 Å². The largest absolute Gasteiger partial charge is 0.377 e. The summed E-state index contributed by atoms with van der Waals surface area (Å²) in [4.78, 5) is 22.1. The van der Waals surface area contributed by atoms with E-state index in [-0.39, 0.29) is 29.7 Å². The summed E-state index contributed by atoms with van der Waals surface area (Å²) in [5.41, 5.74) is 4.51. The Morgan fingerprint density at radius 1 is 0.902 bits per heavy atom. The van der Waals surface area contributed by atoms with E-state index >= 15 is 0 Å². The van der Waals surface area contributed by atoms with Crippen LogP contribution in [0.5, 0.6) is 0 Å². The second kappa shape index (κ2) is 9.85. The van der Waals surface area contributed by atoms with Crippen LogP contribution in [0.1, 0.15) is 27.0 Å². The summed E-state index contributed by atoms with van der Waals surface area (Å²) in [5, 5.41) is 2.10. The van der Waals surface area contributed by atoms with Crippen molar-refractivity contribution in [1.29, 1.82) is 0 Å². The van der Waals surface area contributed by atoms with Gasteiger partial charge in [0, 0.05) is 67.8 Å². The average Bonchev–Trinajstić information content (AvgIpc) is 3.28. The molecular weight excluding hydrogens is 539 g/mol. The maximum absolute atomic E-state index is 14.4. The van der Waals surface area contributed by atoms with E-state index in [1.165, 1.54) is 23.5 Å². The third-order valence-corrected chi connectivity index (χ3v) is 9.63. The monoisotopic (exact) mass is 568 g/mol. The molecule has 0 radical (unpaired) electrons. The van der Waals surface area contributed by atoms with Crippen molar-refractivity contribution in [2.45, 2.75) is 24.9 Å². The molecule has 0 aliphatic carbocycles. The molecule has 1 aliphatic rings. The highest BCUT2D eigenvalue weighted by Crippen LogP contribution is 2.43. The van der Waals surface area contributed by atoms with Crippen LogP contribution >= 0.6 is 0 Å². The Balaban J connectivity index is 1.52. The SMILES string of the molecule is Cc1c2c(c(N(C)S(=O)(=O)c3cccc4c(N(C)C)cccc34)c3cccnc13)CN(Cc1ccc(F)cc1)C2=O. The molecule has 4 aromatic carbocycles. The molecule has 0 spiro atoms. The first-order valence-electron chi connectivity index (χ1n) is 13.2. The number of amides is 1. The molecule has 0 atom stereocenters. The smallest absolute Gasteiger partial charge is 0.264 e. The van der Waals surface area contributed by atoms with Crippen molar-refractivity contribution in [2.24, 2.45) is 0 Å². The number of nitrogens with zero attached hydrogens (tertiary/aromatic N) is 4. The Kier molecular flexibility index (Phi) is 6.42. The number of fused-ring (bicyclic) bond motifs is 3. The topological polar surface area (TPSA) is 73.8 Å². The molecule has 2 heterocycles. The molecule has 6 rings (SSSR count). The van der Waals surface area contributed by atoms with Crippen molar-refractivity contribution in [3.8, 4) is 0 Å². The fraction of sp³-hybridized carbons (Fsp3) is 0.188. The molecule has 0 saturated heterocycles. The number of rotatable bonds is 6. The normalized spacial score (nSPS) is 13.2. The molecule has 1 aromatic heterocycles. The lowest BCUT2D eigenvalue weighted by atomic mass is 9.97. The Hall–Kier alpha value is -4.50. The van der Waals surface area contributed by atoms with Gasteiger partial charge in [-0.3, -0.25) is 14.1 Å². The molecule has 9 heteroatoms. The zero-order valence-electron chi connectivity index (χ0n) is 23.2. The van der Waals surface area contributed by atoms with Crippen LogP contribution in [0, 0.1) is 12.7 Å². The number of pyridine rings is 1. The Morgan fingerprint density at radius 2 is 1.59 bits per heavy atom. The Bertz CT molecular complexity index is 1960. The summed E-state index contributed by atoms with van der Waals surface area (Å²) in [6, 6.07) is 20.6.